The SMILES string of the molecule is CCc1scnc1CCSCC/N=C(\NC#N)NC/C=C/c1ccc2c(c1)OCCO2.Cl. The van der Waals surface area contributed by atoms with E-state index in [1.165, 1.54) is 10.6 Å². The normalized spacial score (nSPS) is 12.8. The lowest BCUT2D eigenvalue weighted by Gasteiger charge is -2.18. The Morgan fingerprint density at radius 1 is 1.31 bits per heavy atom. The van der Waals surface area contributed by atoms with Crippen molar-refractivity contribution in [1.29, 1.82) is 5.26 Å². The van der Waals surface area contributed by atoms with Gasteiger partial charge in [0.1, 0.15) is 13.2 Å². The number of ether oxygens (including phenoxy) is 2. The van der Waals surface area contributed by atoms with E-state index in [9.17, 15) is 0 Å². The summed E-state index contributed by atoms with van der Waals surface area (Å²) >= 11 is 3.58. The lowest BCUT2D eigenvalue weighted by molar-refractivity contribution is 0.171. The molecule has 0 aliphatic carbocycles. The number of thiazole rings is 1. The molecule has 172 valence electrons. The summed E-state index contributed by atoms with van der Waals surface area (Å²) in [5.41, 5.74) is 4.18. The summed E-state index contributed by atoms with van der Waals surface area (Å²) in [4.78, 5) is 10.3. The first-order valence-corrected chi connectivity index (χ1v) is 12.3. The Labute approximate surface area is 203 Å². The van der Waals surface area contributed by atoms with Crippen molar-refractivity contribution in [2.75, 3.05) is 37.8 Å². The van der Waals surface area contributed by atoms with E-state index in [2.05, 4.69) is 27.5 Å². The molecular formula is C22H28ClN5O2S2. The number of rotatable bonds is 10. The van der Waals surface area contributed by atoms with E-state index in [4.69, 9.17) is 14.7 Å². The molecule has 0 saturated carbocycles. The highest BCUT2D eigenvalue weighted by Gasteiger charge is 2.10. The van der Waals surface area contributed by atoms with Crippen molar-refractivity contribution >= 4 is 47.5 Å². The lowest BCUT2D eigenvalue weighted by atomic mass is 10.2. The zero-order valence-electron chi connectivity index (χ0n) is 18.0. The second kappa shape index (κ2) is 14.6. The number of guanidine groups is 1. The van der Waals surface area contributed by atoms with Crippen LogP contribution < -0.4 is 20.1 Å². The number of benzene rings is 1. The maximum Gasteiger partial charge on any atom is 0.204 e. The zero-order valence-corrected chi connectivity index (χ0v) is 20.5. The quantitative estimate of drug-likeness (QED) is 0.170. The van der Waals surface area contributed by atoms with Gasteiger partial charge < -0.3 is 14.8 Å². The minimum atomic E-state index is 0. The third-order valence-electron chi connectivity index (χ3n) is 4.47. The second-order valence-corrected chi connectivity index (χ2v) is 8.76. The van der Waals surface area contributed by atoms with Crippen LogP contribution in [0.3, 0.4) is 0 Å². The molecule has 0 amide bonds. The molecule has 0 unspecified atom stereocenters. The summed E-state index contributed by atoms with van der Waals surface area (Å²) < 4.78 is 11.1. The summed E-state index contributed by atoms with van der Waals surface area (Å²) in [5.74, 6) is 3.97. The topological polar surface area (TPSA) is 91.6 Å². The smallest absolute Gasteiger partial charge is 0.204 e. The third kappa shape index (κ3) is 8.26. The Hall–Kier alpha value is -2.41. The van der Waals surface area contributed by atoms with E-state index >= 15 is 0 Å². The molecule has 1 aromatic carbocycles. The number of hydrogen-bond acceptors (Lipinski definition) is 7. The van der Waals surface area contributed by atoms with Crippen LogP contribution in [0.25, 0.3) is 6.08 Å². The minimum absolute atomic E-state index is 0. The summed E-state index contributed by atoms with van der Waals surface area (Å²) in [6.07, 6.45) is 7.95. The molecule has 1 aliphatic heterocycles. The van der Waals surface area contributed by atoms with Crippen LogP contribution in [0.2, 0.25) is 0 Å². The van der Waals surface area contributed by atoms with Gasteiger partial charge in [0.25, 0.3) is 0 Å². The van der Waals surface area contributed by atoms with Gasteiger partial charge in [-0.05, 0) is 36.3 Å². The largest absolute Gasteiger partial charge is 0.486 e. The lowest BCUT2D eigenvalue weighted by Crippen LogP contribution is -2.34. The maximum atomic E-state index is 8.94. The first kappa shape index (κ1) is 25.8. The number of aromatic nitrogens is 1. The molecule has 1 aromatic heterocycles. The van der Waals surface area contributed by atoms with Gasteiger partial charge in [-0.1, -0.05) is 25.1 Å². The zero-order chi connectivity index (χ0) is 21.7. The van der Waals surface area contributed by atoms with Crippen molar-refractivity contribution in [3.8, 4) is 17.7 Å². The maximum absolute atomic E-state index is 8.94. The summed E-state index contributed by atoms with van der Waals surface area (Å²) in [6.45, 7) is 4.53. The van der Waals surface area contributed by atoms with Crippen molar-refractivity contribution in [3.05, 3.63) is 45.9 Å². The van der Waals surface area contributed by atoms with Crippen molar-refractivity contribution in [2.45, 2.75) is 19.8 Å². The van der Waals surface area contributed by atoms with Gasteiger partial charge in [-0.3, -0.25) is 10.3 Å². The number of hydrogen-bond donors (Lipinski definition) is 2. The van der Waals surface area contributed by atoms with Gasteiger partial charge >= 0.3 is 0 Å². The molecule has 0 fully saturated rings. The van der Waals surface area contributed by atoms with Gasteiger partial charge in [0.15, 0.2) is 17.7 Å². The number of nitrogens with zero attached hydrogens (tertiary/aromatic N) is 3. The van der Waals surface area contributed by atoms with Gasteiger partial charge in [-0.2, -0.15) is 17.0 Å². The number of aryl methyl sites for hydroxylation is 2. The van der Waals surface area contributed by atoms with Gasteiger partial charge in [0.05, 0.1) is 17.7 Å². The molecule has 10 heteroatoms. The van der Waals surface area contributed by atoms with Crippen molar-refractivity contribution in [1.82, 2.24) is 15.6 Å². The molecule has 3 rings (SSSR count). The van der Waals surface area contributed by atoms with Gasteiger partial charge in [-0.15, -0.1) is 23.7 Å². The van der Waals surface area contributed by atoms with Crippen LogP contribution in [0, 0.1) is 11.5 Å². The molecule has 1 aliphatic rings. The average Bonchev–Trinajstić information content (AvgIpc) is 3.26. The van der Waals surface area contributed by atoms with Crippen molar-refractivity contribution < 1.29 is 9.47 Å². The van der Waals surface area contributed by atoms with Crippen LogP contribution >= 0.6 is 35.5 Å². The monoisotopic (exact) mass is 493 g/mol. The highest BCUT2D eigenvalue weighted by molar-refractivity contribution is 7.99. The number of halogens is 1. The van der Waals surface area contributed by atoms with E-state index in [0.717, 1.165) is 41.4 Å². The highest BCUT2D eigenvalue weighted by atomic mass is 35.5. The van der Waals surface area contributed by atoms with E-state index in [1.54, 1.807) is 11.3 Å². The molecule has 32 heavy (non-hydrogen) atoms. The van der Waals surface area contributed by atoms with Crippen LogP contribution in [0.15, 0.2) is 34.8 Å². The van der Waals surface area contributed by atoms with Crippen molar-refractivity contribution in [3.63, 3.8) is 0 Å². The third-order valence-corrected chi connectivity index (χ3v) is 6.46. The fourth-order valence-corrected chi connectivity index (χ4v) is 4.51. The first-order chi connectivity index (χ1) is 15.3. The second-order valence-electron chi connectivity index (χ2n) is 6.59. The fraction of sp³-hybridized carbons (Fsp3) is 0.409. The van der Waals surface area contributed by atoms with Gasteiger partial charge in [0, 0.05) is 17.2 Å². The Balaban J connectivity index is 0.00000363. The minimum Gasteiger partial charge on any atom is -0.486 e. The predicted molar refractivity (Wildman–Crippen MR) is 135 cm³/mol. The van der Waals surface area contributed by atoms with Crippen molar-refractivity contribution in [2.24, 2.45) is 4.99 Å². The predicted octanol–water partition coefficient (Wildman–Crippen LogP) is 3.90. The Morgan fingerprint density at radius 2 is 2.16 bits per heavy atom. The number of fused-ring (bicyclic) bond motifs is 1. The number of aliphatic imine (C=N–C) groups is 1. The Kier molecular flexibility index (Phi) is 11.8. The fourth-order valence-electron chi connectivity index (χ4n) is 2.98. The molecule has 2 aromatic rings. The molecule has 2 N–H and O–H groups in total. The van der Waals surface area contributed by atoms with E-state index < -0.39 is 0 Å². The van der Waals surface area contributed by atoms with Gasteiger partial charge in [-0.25, -0.2) is 4.98 Å². The number of nitriles is 1. The molecule has 2 heterocycles. The van der Waals surface area contributed by atoms with Crippen LogP contribution in [0.4, 0.5) is 0 Å². The summed E-state index contributed by atoms with van der Waals surface area (Å²) in [6, 6.07) is 5.86. The summed E-state index contributed by atoms with van der Waals surface area (Å²) in [5, 5.41) is 14.7. The van der Waals surface area contributed by atoms with E-state index in [0.29, 0.717) is 32.3 Å². The Bertz CT molecular complexity index is 943. The molecule has 0 saturated heterocycles. The van der Waals surface area contributed by atoms with Crippen LogP contribution in [0.1, 0.15) is 23.1 Å². The molecule has 0 spiro atoms. The van der Waals surface area contributed by atoms with Crippen LogP contribution in [-0.4, -0.2) is 48.8 Å². The van der Waals surface area contributed by atoms with E-state index in [1.807, 2.05) is 53.8 Å². The molecule has 7 nitrogen and oxygen atoms in total. The number of nitrogens with one attached hydrogen (secondary N) is 2. The molecule has 0 atom stereocenters. The standard InChI is InChI=1S/C22H27N5O2S2.ClH/c1-2-21-18(27-16-31-21)7-12-30-13-9-25-22(26-15-23)24-8-3-4-17-5-6-19-20(14-17)29-11-10-28-19;/h3-6,14,16H,2,7-13H2,1H3,(H2,24,25,26);1H/b4-3+;. The van der Waals surface area contributed by atoms with Gasteiger partial charge in [0.2, 0.25) is 5.96 Å². The highest BCUT2D eigenvalue weighted by Crippen LogP contribution is 2.31. The molecule has 0 radical (unpaired) electrons. The summed E-state index contributed by atoms with van der Waals surface area (Å²) in [7, 11) is 0. The number of thioether (sulfide) groups is 1. The first-order valence-electron chi connectivity index (χ1n) is 10.3. The average molecular weight is 494 g/mol. The van der Waals surface area contributed by atoms with Crippen LogP contribution in [-0.2, 0) is 12.8 Å². The molecular weight excluding hydrogens is 466 g/mol. The Morgan fingerprint density at radius 3 is 2.97 bits per heavy atom. The van der Waals surface area contributed by atoms with E-state index in [-0.39, 0.29) is 12.4 Å². The van der Waals surface area contributed by atoms with Crippen LogP contribution in [0.5, 0.6) is 11.5 Å². The molecule has 0 bridgehead atoms.